The Morgan fingerprint density at radius 3 is 2.76 bits per heavy atom. The molecule has 2 heterocycles. The molecule has 0 atom stereocenters. The minimum Gasteiger partial charge on any atom is -0.465 e. The molecule has 2 N–H and O–H groups in total. The van der Waals surface area contributed by atoms with Crippen LogP contribution in [0.15, 0.2) is 39.7 Å². The number of aromatic amines is 1. The molecule has 5 nitrogen and oxygen atoms in total. The zero-order chi connectivity index (χ0) is 12.3. The minimum absolute atomic E-state index is 0.233. The second kappa shape index (κ2) is 4.69. The maximum atomic E-state index is 11.7. The van der Waals surface area contributed by atoms with E-state index in [-0.39, 0.29) is 11.5 Å². The Morgan fingerprint density at radius 1 is 1.35 bits per heavy atom. The number of amides is 1. The Balaban J connectivity index is 1.98. The van der Waals surface area contributed by atoms with E-state index in [1.807, 2.05) is 19.1 Å². The standard InChI is InChI=1S/C12H12N2O3/c1-8-2-4-10(17-8)7-14-12(16)9-3-5-11(15)13-6-9/h2-6H,7H2,1H3,(H,13,15)(H,14,16). The Hall–Kier alpha value is -2.30. The molecule has 0 bridgehead atoms. The number of aromatic nitrogens is 1. The van der Waals surface area contributed by atoms with Crippen LogP contribution in [-0.4, -0.2) is 10.9 Å². The van der Waals surface area contributed by atoms with Gasteiger partial charge in [0, 0.05) is 12.3 Å². The molecule has 0 fully saturated rings. The maximum absolute atomic E-state index is 11.7. The summed E-state index contributed by atoms with van der Waals surface area (Å²) in [5.41, 5.74) is 0.177. The molecule has 0 unspecified atom stereocenters. The summed E-state index contributed by atoms with van der Waals surface area (Å²) in [6.45, 7) is 2.17. The summed E-state index contributed by atoms with van der Waals surface area (Å²) in [7, 11) is 0. The first-order valence-corrected chi connectivity index (χ1v) is 5.17. The van der Waals surface area contributed by atoms with Gasteiger partial charge in [-0.3, -0.25) is 9.59 Å². The van der Waals surface area contributed by atoms with E-state index in [9.17, 15) is 9.59 Å². The van der Waals surface area contributed by atoms with Crippen LogP contribution in [0.25, 0.3) is 0 Å². The van der Waals surface area contributed by atoms with Crippen molar-refractivity contribution in [2.24, 2.45) is 0 Å². The molecule has 2 rings (SSSR count). The van der Waals surface area contributed by atoms with Crippen LogP contribution in [0.1, 0.15) is 21.9 Å². The van der Waals surface area contributed by atoms with Gasteiger partial charge in [0.15, 0.2) is 0 Å². The largest absolute Gasteiger partial charge is 0.465 e. The molecular formula is C12H12N2O3. The molecule has 0 aromatic carbocycles. The Kier molecular flexibility index (Phi) is 3.09. The Bertz CT molecular complexity index is 563. The molecule has 0 saturated heterocycles. The molecule has 88 valence electrons. The van der Waals surface area contributed by atoms with Crippen molar-refractivity contribution in [3.05, 3.63) is 57.9 Å². The third-order valence-corrected chi connectivity index (χ3v) is 2.27. The highest BCUT2D eigenvalue weighted by atomic mass is 16.3. The number of carbonyl (C=O) groups excluding carboxylic acids is 1. The summed E-state index contributed by atoms with van der Waals surface area (Å²) < 4.78 is 5.32. The fourth-order valence-electron chi connectivity index (χ4n) is 1.40. The Labute approximate surface area is 97.5 Å². The summed E-state index contributed by atoms with van der Waals surface area (Å²) in [5.74, 6) is 1.24. The first kappa shape index (κ1) is 11.2. The molecule has 0 saturated carbocycles. The number of carbonyl (C=O) groups is 1. The van der Waals surface area contributed by atoms with Crippen molar-refractivity contribution in [3.8, 4) is 0 Å². The normalized spacial score (nSPS) is 10.2. The predicted octanol–water partition coefficient (Wildman–Crippen LogP) is 1.21. The van der Waals surface area contributed by atoms with Crippen molar-refractivity contribution in [2.45, 2.75) is 13.5 Å². The fourth-order valence-corrected chi connectivity index (χ4v) is 1.40. The van der Waals surface area contributed by atoms with E-state index in [0.717, 1.165) is 5.76 Å². The third-order valence-electron chi connectivity index (χ3n) is 2.27. The zero-order valence-electron chi connectivity index (χ0n) is 9.32. The molecule has 2 aromatic heterocycles. The van der Waals surface area contributed by atoms with E-state index in [2.05, 4.69) is 10.3 Å². The van der Waals surface area contributed by atoms with Crippen LogP contribution in [0.5, 0.6) is 0 Å². The van der Waals surface area contributed by atoms with Crippen molar-refractivity contribution in [3.63, 3.8) is 0 Å². The van der Waals surface area contributed by atoms with Crippen molar-refractivity contribution in [1.29, 1.82) is 0 Å². The average molecular weight is 232 g/mol. The highest BCUT2D eigenvalue weighted by Gasteiger charge is 2.06. The van der Waals surface area contributed by atoms with Crippen LogP contribution in [0.4, 0.5) is 0 Å². The molecule has 0 aliphatic carbocycles. The van der Waals surface area contributed by atoms with Gasteiger partial charge in [0.2, 0.25) is 5.56 Å². The van der Waals surface area contributed by atoms with E-state index in [1.54, 1.807) is 0 Å². The SMILES string of the molecule is Cc1ccc(CNC(=O)c2ccc(=O)[nH]c2)o1. The van der Waals surface area contributed by atoms with Crippen molar-refractivity contribution in [1.82, 2.24) is 10.3 Å². The third kappa shape index (κ3) is 2.84. The van der Waals surface area contributed by atoms with E-state index in [0.29, 0.717) is 17.9 Å². The summed E-state index contributed by atoms with van der Waals surface area (Å²) in [6, 6.07) is 6.43. The lowest BCUT2D eigenvalue weighted by Gasteiger charge is -2.02. The van der Waals surface area contributed by atoms with Gasteiger partial charge in [0.1, 0.15) is 11.5 Å². The highest BCUT2D eigenvalue weighted by Crippen LogP contribution is 2.05. The van der Waals surface area contributed by atoms with Crippen LogP contribution >= 0.6 is 0 Å². The van der Waals surface area contributed by atoms with Crippen molar-refractivity contribution in [2.75, 3.05) is 0 Å². The van der Waals surface area contributed by atoms with E-state index in [1.165, 1.54) is 18.3 Å². The molecular weight excluding hydrogens is 220 g/mol. The molecule has 0 aliphatic heterocycles. The number of pyridine rings is 1. The van der Waals surface area contributed by atoms with Gasteiger partial charge in [0.25, 0.3) is 5.91 Å². The smallest absolute Gasteiger partial charge is 0.253 e. The molecule has 2 aromatic rings. The monoisotopic (exact) mass is 232 g/mol. The van der Waals surface area contributed by atoms with E-state index in [4.69, 9.17) is 4.42 Å². The van der Waals surface area contributed by atoms with Gasteiger partial charge >= 0.3 is 0 Å². The number of hydrogen-bond acceptors (Lipinski definition) is 3. The molecule has 17 heavy (non-hydrogen) atoms. The van der Waals surface area contributed by atoms with Gasteiger partial charge in [-0.15, -0.1) is 0 Å². The summed E-state index contributed by atoms with van der Waals surface area (Å²) in [6.07, 6.45) is 1.38. The number of rotatable bonds is 3. The first-order chi connectivity index (χ1) is 8.15. The van der Waals surface area contributed by atoms with Crippen LogP contribution in [-0.2, 0) is 6.54 Å². The van der Waals surface area contributed by atoms with Gasteiger partial charge in [0.05, 0.1) is 12.1 Å². The van der Waals surface area contributed by atoms with Crippen LogP contribution in [0, 0.1) is 6.92 Å². The van der Waals surface area contributed by atoms with Gasteiger partial charge in [-0.2, -0.15) is 0 Å². The van der Waals surface area contributed by atoms with Gasteiger partial charge in [-0.25, -0.2) is 0 Å². The lowest BCUT2D eigenvalue weighted by atomic mass is 10.2. The fraction of sp³-hybridized carbons (Fsp3) is 0.167. The van der Waals surface area contributed by atoms with Gasteiger partial charge in [-0.1, -0.05) is 0 Å². The van der Waals surface area contributed by atoms with Crippen molar-refractivity contribution < 1.29 is 9.21 Å². The highest BCUT2D eigenvalue weighted by molar-refractivity contribution is 5.93. The number of furan rings is 1. The lowest BCUT2D eigenvalue weighted by molar-refractivity contribution is 0.0947. The summed E-state index contributed by atoms with van der Waals surface area (Å²) >= 11 is 0. The van der Waals surface area contributed by atoms with E-state index >= 15 is 0 Å². The Morgan fingerprint density at radius 2 is 2.18 bits per heavy atom. The maximum Gasteiger partial charge on any atom is 0.253 e. The first-order valence-electron chi connectivity index (χ1n) is 5.17. The minimum atomic E-state index is -0.254. The number of aryl methyl sites for hydroxylation is 1. The summed E-state index contributed by atoms with van der Waals surface area (Å²) in [5, 5.41) is 2.69. The topological polar surface area (TPSA) is 75.1 Å². The molecule has 1 amide bonds. The zero-order valence-corrected chi connectivity index (χ0v) is 9.32. The second-order valence-corrected chi connectivity index (χ2v) is 3.64. The number of hydrogen-bond donors (Lipinski definition) is 2. The van der Waals surface area contributed by atoms with Crippen LogP contribution < -0.4 is 10.9 Å². The molecule has 0 radical (unpaired) electrons. The predicted molar refractivity (Wildman–Crippen MR) is 61.7 cm³/mol. The number of nitrogens with one attached hydrogen (secondary N) is 2. The van der Waals surface area contributed by atoms with Crippen molar-refractivity contribution >= 4 is 5.91 Å². The van der Waals surface area contributed by atoms with Gasteiger partial charge in [-0.05, 0) is 25.1 Å². The average Bonchev–Trinajstić information content (AvgIpc) is 2.73. The lowest BCUT2D eigenvalue weighted by Crippen LogP contribution is -2.23. The quantitative estimate of drug-likeness (QED) is 0.835. The van der Waals surface area contributed by atoms with Crippen LogP contribution in [0.2, 0.25) is 0 Å². The molecule has 5 heteroatoms. The van der Waals surface area contributed by atoms with Gasteiger partial charge < -0.3 is 14.7 Å². The van der Waals surface area contributed by atoms with Crippen LogP contribution in [0.3, 0.4) is 0 Å². The second-order valence-electron chi connectivity index (χ2n) is 3.64. The summed E-state index contributed by atoms with van der Waals surface area (Å²) in [4.78, 5) is 24.9. The van der Waals surface area contributed by atoms with E-state index < -0.39 is 0 Å². The molecule has 0 spiro atoms. The number of H-pyrrole nitrogens is 1. The molecule has 0 aliphatic rings.